The lowest BCUT2D eigenvalue weighted by atomic mass is 10.1. The van der Waals surface area contributed by atoms with Gasteiger partial charge in [-0.2, -0.15) is 11.3 Å². The Morgan fingerprint density at radius 1 is 1.32 bits per heavy atom. The van der Waals surface area contributed by atoms with Crippen molar-refractivity contribution in [3.8, 4) is 5.75 Å². The summed E-state index contributed by atoms with van der Waals surface area (Å²) in [6.07, 6.45) is 2.31. The van der Waals surface area contributed by atoms with Crippen LogP contribution in [0.2, 0.25) is 5.02 Å². The molecule has 0 unspecified atom stereocenters. The SMILES string of the molecule is COc1ccc(S(=O)(=O)NC[C@@H](c2ccsc2)N2CCCC2)cc1Cl. The average molecular weight is 401 g/mol. The number of thiophene rings is 1. The van der Waals surface area contributed by atoms with E-state index in [4.69, 9.17) is 16.3 Å². The van der Waals surface area contributed by atoms with Gasteiger partial charge in [0.25, 0.3) is 0 Å². The summed E-state index contributed by atoms with van der Waals surface area (Å²) in [6.45, 7) is 2.33. The number of ether oxygens (including phenoxy) is 1. The second kappa shape index (κ2) is 8.05. The molecule has 1 aromatic heterocycles. The Kier molecular flexibility index (Phi) is 6.01. The topological polar surface area (TPSA) is 58.6 Å². The third kappa shape index (κ3) is 4.35. The monoisotopic (exact) mass is 400 g/mol. The van der Waals surface area contributed by atoms with Crippen LogP contribution < -0.4 is 9.46 Å². The van der Waals surface area contributed by atoms with Crippen LogP contribution in [0.1, 0.15) is 24.4 Å². The van der Waals surface area contributed by atoms with Crippen LogP contribution in [0.4, 0.5) is 0 Å². The van der Waals surface area contributed by atoms with E-state index in [-0.39, 0.29) is 16.0 Å². The van der Waals surface area contributed by atoms with Gasteiger partial charge in [-0.05, 0) is 66.5 Å². The zero-order valence-corrected chi connectivity index (χ0v) is 16.3. The Morgan fingerprint density at radius 3 is 2.68 bits per heavy atom. The van der Waals surface area contributed by atoms with E-state index in [1.165, 1.54) is 19.2 Å². The molecule has 1 aliphatic heterocycles. The third-order valence-electron chi connectivity index (χ3n) is 4.41. The van der Waals surface area contributed by atoms with Gasteiger partial charge in [0.2, 0.25) is 10.0 Å². The van der Waals surface area contributed by atoms with E-state index >= 15 is 0 Å². The Morgan fingerprint density at radius 2 is 2.08 bits per heavy atom. The summed E-state index contributed by atoms with van der Waals surface area (Å²) in [5.74, 6) is 0.453. The number of hydrogen-bond acceptors (Lipinski definition) is 5. The summed E-state index contributed by atoms with van der Waals surface area (Å²) in [4.78, 5) is 2.48. The molecule has 0 saturated carbocycles. The van der Waals surface area contributed by atoms with Crippen LogP contribution in [0.25, 0.3) is 0 Å². The summed E-state index contributed by atoms with van der Waals surface area (Å²) in [6, 6.07) is 6.60. The fourth-order valence-corrected chi connectivity index (χ4v) is 5.16. The first kappa shape index (κ1) is 18.7. The molecule has 1 atom stereocenters. The van der Waals surface area contributed by atoms with Crippen molar-refractivity contribution in [2.75, 3.05) is 26.7 Å². The Bertz CT molecular complexity index is 803. The Hall–Kier alpha value is -1.12. The number of likely N-dealkylation sites (tertiary alicyclic amines) is 1. The Labute approximate surface area is 157 Å². The number of nitrogens with zero attached hydrogens (tertiary/aromatic N) is 1. The molecule has 0 spiro atoms. The van der Waals surface area contributed by atoms with E-state index in [0.29, 0.717) is 12.3 Å². The minimum absolute atomic E-state index is 0.0530. The lowest BCUT2D eigenvalue weighted by Crippen LogP contribution is -2.36. The molecule has 1 aliphatic rings. The van der Waals surface area contributed by atoms with Crippen LogP contribution in [0.15, 0.2) is 39.9 Å². The molecule has 5 nitrogen and oxygen atoms in total. The van der Waals surface area contributed by atoms with Gasteiger partial charge in [0.1, 0.15) is 5.75 Å². The van der Waals surface area contributed by atoms with Crippen LogP contribution in [0, 0.1) is 0 Å². The zero-order chi connectivity index (χ0) is 17.9. The number of benzene rings is 1. The van der Waals surface area contributed by atoms with Crippen molar-refractivity contribution in [1.29, 1.82) is 0 Å². The molecule has 25 heavy (non-hydrogen) atoms. The summed E-state index contributed by atoms with van der Waals surface area (Å²) >= 11 is 7.69. The summed E-state index contributed by atoms with van der Waals surface area (Å²) < 4.78 is 33.1. The second-order valence-corrected chi connectivity index (χ2v) is 8.92. The maximum atomic E-state index is 12.6. The highest BCUT2D eigenvalue weighted by Crippen LogP contribution is 2.29. The highest BCUT2D eigenvalue weighted by molar-refractivity contribution is 7.89. The van der Waals surface area contributed by atoms with Gasteiger partial charge in [-0.25, -0.2) is 13.1 Å². The molecule has 0 bridgehead atoms. The van der Waals surface area contributed by atoms with Crippen LogP contribution in [0.3, 0.4) is 0 Å². The molecule has 2 aromatic rings. The molecular weight excluding hydrogens is 380 g/mol. The maximum absolute atomic E-state index is 12.6. The van der Waals surface area contributed by atoms with Crippen LogP contribution >= 0.6 is 22.9 Å². The number of halogens is 1. The first-order valence-electron chi connectivity index (χ1n) is 8.10. The maximum Gasteiger partial charge on any atom is 0.240 e. The first-order valence-corrected chi connectivity index (χ1v) is 10.9. The van der Waals surface area contributed by atoms with Crippen molar-refractivity contribution in [3.05, 3.63) is 45.6 Å². The van der Waals surface area contributed by atoms with Gasteiger partial charge < -0.3 is 4.74 Å². The van der Waals surface area contributed by atoms with Gasteiger partial charge in [0, 0.05) is 12.6 Å². The molecule has 0 amide bonds. The van der Waals surface area contributed by atoms with Crippen molar-refractivity contribution in [2.45, 2.75) is 23.8 Å². The predicted octanol–water partition coefficient (Wildman–Crippen LogP) is 3.53. The predicted molar refractivity (Wildman–Crippen MR) is 101 cm³/mol. The third-order valence-corrected chi connectivity index (χ3v) is 6.83. The van der Waals surface area contributed by atoms with Gasteiger partial charge in [-0.1, -0.05) is 11.6 Å². The lowest BCUT2D eigenvalue weighted by molar-refractivity contribution is 0.247. The van der Waals surface area contributed by atoms with Gasteiger partial charge in [-0.3, -0.25) is 4.90 Å². The average Bonchev–Trinajstić information content (AvgIpc) is 3.29. The van der Waals surface area contributed by atoms with E-state index in [1.54, 1.807) is 17.4 Å². The smallest absolute Gasteiger partial charge is 0.240 e. The fraction of sp³-hybridized carbons (Fsp3) is 0.412. The number of nitrogens with one attached hydrogen (secondary N) is 1. The highest BCUT2D eigenvalue weighted by Gasteiger charge is 2.26. The summed E-state index contributed by atoms with van der Waals surface area (Å²) in [5, 5.41) is 4.39. The molecule has 2 heterocycles. The largest absolute Gasteiger partial charge is 0.495 e. The quantitative estimate of drug-likeness (QED) is 0.772. The number of rotatable bonds is 7. The van der Waals surface area contributed by atoms with E-state index in [2.05, 4.69) is 21.1 Å². The molecule has 1 fully saturated rings. The lowest BCUT2D eigenvalue weighted by Gasteiger charge is -2.27. The first-order chi connectivity index (χ1) is 12.0. The molecule has 0 aliphatic carbocycles. The summed E-state index contributed by atoms with van der Waals surface area (Å²) in [7, 11) is -2.14. The molecule has 8 heteroatoms. The van der Waals surface area contributed by atoms with Crippen molar-refractivity contribution in [1.82, 2.24) is 9.62 Å². The molecule has 0 radical (unpaired) electrons. The second-order valence-electron chi connectivity index (χ2n) is 5.96. The van der Waals surface area contributed by atoms with Crippen molar-refractivity contribution >= 4 is 33.0 Å². The standard InChI is InChI=1S/C17H21ClN2O3S2/c1-23-17-5-4-14(10-15(17)18)25(21,22)19-11-16(13-6-9-24-12-13)20-7-2-3-8-20/h4-6,9-10,12,16,19H,2-3,7-8,11H2,1H3/t16-/m0/s1. The minimum atomic E-state index is -3.64. The van der Waals surface area contributed by atoms with E-state index in [0.717, 1.165) is 31.5 Å². The Balaban J connectivity index is 1.76. The van der Waals surface area contributed by atoms with Gasteiger partial charge in [-0.15, -0.1) is 0 Å². The number of hydrogen-bond donors (Lipinski definition) is 1. The van der Waals surface area contributed by atoms with Gasteiger partial charge in [0.15, 0.2) is 0 Å². The minimum Gasteiger partial charge on any atom is -0.495 e. The van der Waals surface area contributed by atoms with Crippen LogP contribution in [0.5, 0.6) is 5.75 Å². The number of sulfonamides is 1. The van der Waals surface area contributed by atoms with Crippen molar-refractivity contribution < 1.29 is 13.2 Å². The van der Waals surface area contributed by atoms with Crippen LogP contribution in [-0.4, -0.2) is 40.1 Å². The van der Waals surface area contributed by atoms with Crippen molar-refractivity contribution in [3.63, 3.8) is 0 Å². The summed E-state index contributed by atoms with van der Waals surface area (Å²) in [5.41, 5.74) is 1.15. The van der Waals surface area contributed by atoms with E-state index in [1.807, 2.05) is 5.38 Å². The van der Waals surface area contributed by atoms with Gasteiger partial charge in [0.05, 0.1) is 17.0 Å². The van der Waals surface area contributed by atoms with Crippen LogP contribution in [-0.2, 0) is 10.0 Å². The molecule has 1 aromatic carbocycles. The van der Waals surface area contributed by atoms with E-state index < -0.39 is 10.0 Å². The van der Waals surface area contributed by atoms with Gasteiger partial charge >= 0.3 is 0 Å². The molecule has 3 rings (SSSR count). The molecular formula is C17H21ClN2O3S2. The number of methoxy groups -OCH3 is 1. The fourth-order valence-electron chi connectivity index (χ4n) is 3.06. The van der Waals surface area contributed by atoms with Crippen molar-refractivity contribution in [2.24, 2.45) is 0 Å². The zero-order valence-electron chi connectivity index (χ0n) is 13.9. The van der Waals surface area contributed by atoms with E-state index in [9.17, 15) is 8.42 Å². The molecule has 1 N–H and O–H groups in total. The highest BCUT2D eigenvalue weighted by atomic mass is 35.5. The molecule has 136 valence electrons. The molecule has 1 saturated heterocycles. The normalized spacial score (nSPS) is 16.9.